The van der Waals surface area contributed by atoms with E-state index in [0.29, 0.717) is 5.75 Å². The Balaban J connectivity index is 0.00000676. The summed E-state index contributed by atoms with van der Waals surface area (Å²) in [6, 6.07) is 5.98. The van der Waals surface area contributed by atoms with Gasteiger partial charge in [0.1, 0.15) is 15.9 Å². The van der Waals surface area contributed by atoms with Crippen LogP contribution in [0, 0.1) is 0 Å². The summed E-state index contributed by atoms with van der Waals surface area (Å²) < 4.78 is 39.7. The van der Waals surface area contributed by atoms with Crippen LogP contribution in [0.15, 0.2) is 18.2 Å². The number of hydrogen-bond acceptors (Lipinski definition) is 4. The van der Waals surface area contributed by atoms with Crippen molar-refractivity contribution < 1.29 is 47.3 Å². The molecule has 0 saturated carbocycles. The molecule has 0 aromatic heterocycles. The van der Waals surface area contributed by atoms with Gasteiger partial charge in [-0.2, -0.15) is 0 Å². The van der Waals surface area contributed by atoms with E-state index >= 15 is 0 Å². The molecule has 0 bridgehead atoms. The number of ether oxygens (including phenoxy) is 1. The quantitative estimate of drug-likeness (QED) is 0.271. The molecule has 4 nitrogen and oxygen atoms in total. The van der Waals surface area contributed by atoms with Crippen LogP contribution in [0.5, 0.6) is 5.75 Å². The second kappa shape index (κ2) is 14.9. The molecule has 1 aromatic rings. The summed E-state index contributed by atoms with van der Waals surface area (Å²) in [6.45, 7) is 6.04. The number of unbranched alkanes of at least 4 members (excludes halogenated alkanes) is 6. The Morgan fingerprint density at radius 3 is 2.04 bits per heavy atom. The summed E-state index contributed by atoms with van der Waals surface area (Å²) in [5, 5.41) is 0. The molecule has 0 aliphatic carbocycles. The second-order valence-corrected chi connectivity index (χ2v) is 8.52. The van der Waals surface area contributed by atoms with Crippen molar-refractivity contribution in [2.24, 2.45) is 0 Å². The van der Waals surface area contributed by atoms with Gasteiger partial charge in [0, 0.05) is 0 Å². The van der Waals surface area contributed by atoms with E-state index in [-0.39, 0.29) is 36.0 Å². The van der Waals surface area contributed by atoms with Crippen molar-refractivity contribution in [3.05, 3.63) is 29.3 Å². The fourth-order valence-corrected chi connectivity index (χ4v) is 3.71. The van der Waals surface area contributed by atoms with Crippen LogP contribution >= 0.6 is 0 Å². The molecule has 0 aliphatic rings. The van der Waals surface area contributed by atoms with Crippen molar-refractivity contribution in [1.82, 2.24) is 0 Å². The Labute approximate surface area is 188 Å². The second-order valence-electron chi connectivity index (χ2n) is 7.01. The van der Waals surface area contributed by atoms with Crippen molar-refractivity contribution in [3.8, 4) is 5.75 Å². The molecule has 0 spiro atoms. The van der Waals surface area contributed by atoms with Crippen LogP contribution in [-0.2, 0) is 23.0 Å². The fourth-order valence-electron chi connectivity index (χ4n) is 3.08. The summed E-state index contributed by atoms with van der Waals surface area (Å²) in [4.78, 5) is 0. The maximum absolute atomic E-state index is 11.4. The van der Waals surface area contributed by atoms with Crippen LogP contribution in [-0.4, -0.2) is 18.4 Å². The van der Waals surface area contributed by atoms with Gasteiger partial charge in [0.15, 0.2) is 5.44 Å². The Hall–Kier alpha value is -0.0700. The number of hydrogen-bond donors (Lipinski definition) is 0. The molecule has 0 N–H and O–H groups in total. The van der Waals surface area contributed by atoms with E-state index in [0.717, 1.165) is 37.7 Å². The molecule has 1 unspecified atom stereocenters. The summed E-state index contributed by atoms with van der Waals surface area (Å²) in [5.74, 6) is 0.546. The van der Waals surface area contributed by atoms with Gasteiger partial charge >= 0.3 is 29.6 Å². The number of rotatable bonds is 14. The Bertz CT molecular complexity index is 617. The topological polar surface area (TPSA) is 66.4 Å². The minimum atomic E-state index is -4.46. The van der Waals surface area contributed by atoms with E-state index in [1.807, 2.05) is 12.1 Å². The molecular formula is C21H35NaO4S. The van der Waals surface area contributed by atoms with Gasteiger partial charge in [0.2, 0.25) is 0 Å². The third kappa shape index (κ3) is 10.9. The molecule has 1 rings (SSSR count). The van der Waals surface area contributed by atoms with Gasteiger partial charge in [-0.1, -0.05) is 71.4 Å². The minimum Gasteiger partial charge on any atom is -0.745 e. The van der Waals surface area contributed by atoms with E-state index in [9.17, 15) is 13.0 Å². The first-order chi connectivity index (χ1) is 12.4. The zero-order chi connectivity index (χ0) is 19.4. The van der Waals surface area contributed by atoms with E-state index in [4.69, 9.17) is 4.74 Å². The van der Waals surface area contributed by atoms with Crippen LogP contribution in [0.3, 0.4) is 0 Å². The van der Waals surface area contributed by atoms with Crippen LogP contribution in [0.25, 0.3) is 0 Å². The standard InChI is InChI=1S/C21H36O4S.Na/c1-4-7-9-11-13-18-15-16-20(25-21(6-3)26(22,23)24)19(17-18)14-12-10-8-5-2;/h15-17,21H,4-14H2,1-3H3,(H,22,23,24);/q;+1/p-1. The van der Waals surface area contributed by atoms with E-state index in [2.05, 4.69) is 19.9 Å². The first-order valence-electron chi connectivity index (χ1n) is 10.2. The van der Waals surface area contributed by atoms with Gasteiger partial charge in [-0.3, -0.25) is 0 Å². The Kier molecular flexibility index (Phi) is 14.8. The smallest absolute Gasteiger partial charge is 0.745 e. The van der Waals surface area contributed by atoms with Crippen molar-refractivity contribution in [3.63, 3.8) is 0 Å². The molecule has 0 radical (unpaired) electrons. The first-order valence-corrected chi connectivity index (χ1v) is 11.6. The molecule has 0 fully saturated rings. The molecule has 0 amide bonds. The molecule has 1 aromatic carbocycles. The molecule has 0 saturated heterocycles. The van der Waals surface area contributed by atoms with Crippen LogP contribution in [0.2, 0.25) is 0 Å². The normalized spacial score (nSPS) is 12.4. The van der Waals surface area contributed by atoms with Gasteiger partial charge in [0.25, 0.3) is 0 Å². The van der Waals surface area contributed by atoms with Gasteiger partial charge in [0.05, 0.1) is 0 Å². The third-order valence-corrected chi connectivity index (χ3v) is 5.73. The van der Waals surface area contributed by atoms with Crippen molar-refractivity contribution >= 4 is 10.1 Å². The molecule has 27 heavy (non-hydrogen) atoms. The Morgan fingerprint density at radius 2 is 1.52 bits per heavy atom. The average molecular weight is 407 g/mol. The molecule has 1 atom stereocenters. The van der Waals surface area contributed by atoms with Crippen LogP contribution < -0.4 is 34.3 Å². The minimum absolute atomic E-state index is 0. The van der Waals surface area contributed by atoms with Crippen molar-refractivity contribution in [1.29, 1.82) is 0 Å². The maximum Gasteiger partial charge on any atom is 1.00 e. The molecule has 0 heterocycles. The predicted octanol–water partition coefficient (Wildman–Crippen LogP) is 2.60. The van der Waals surface area contributed by atoms with Crippen molar-refractivity contribution in [2.45, 2.75) is 96.8 Å². The maximum atomic E-state index is 11.4. The number of benzene rings is 1. The predicted molar refractivity (Wildman–Crippen MR) is 107 cm³/mol. The monoisotopic (exact) mass is 406 g/mol. The van der Waals surface area contributed by atoms with E-state index in [1.54, 1.807) is 6.92 Å². The SMILES string of the molecule is CCCCCCc1ccc(OC(CC)S(=O)(=O)[O-])c(CCCCCC)c1.[Na+]. The summed E-state index contributed by atoms with van der Waals surface area (Å²) in [7, 11) is -4.46. The summed E-state index contributed by atoms with van der Waals surface area (Å²) in [5.41, 5.74) is 0.973. The summed E-state index contributed by atoms with van der Waals surface area (Å²) in [6.07, 6.45) is 11.5. The molecular weight excluding hydrogens is 371 g/mol. The molecule has 0 aliphatic heterocycles. The van der Waals surface area contributed by atoms with Crippen LogP contribution in [0.1, 0.15) is 89.7 Å². The zero-order valence-corrected chi connectivity index (χ0v) is 20.4. The first kappa shape index (κ1) is 26.9. The van der Waals surface area contributed by atoms with Crippen LogP contribution in [0.4, 0.5) is 0 Å². The van der Waals surface area contributed by atoms with Gasteiger partial charge in [-0.05, 0) is 49.3 Å². The van der Waals surface area contributed by atoms with E-state index in [1.165, 1.54) is 37.7 Å². The fraction of sp³-hybridized carbons (Fsp3) is 0.714. The van der Waals surface area contributed by atoms with Crippen molar-refractivity contribution in [2.75, 3.05) is 0 Å². The van der Waals surface area contributed by atoms with Gasteiger partial charge in [-0.15, -0.1) is 0 Å². The molecule has 150 valence electrons. The molecule has 6 heteroatoms. The van der Waals surface area contributed by atoms with Gasteiger partial charge in [-0.25, -0.2) is 8.42 Å². The largest absolute Gasteiger partial charge is 1.00 e. The zero-order valence-electron chi connectivity index (χ0n) is 17.6. The third-order valence-electron chi connectivity index (χ3n) is 4.66. The van der Waals surface area contributed by atoms with E-state index < -0.39 is 15.6 Å². The summed E-state index contributed by atoms with van der Waals surface area (Å²) >= 11 is 0. The van der Waals surface area contributed by atoms with Gasteiger partial charge < -0.3 is 9.29 Å². The number of aryl methyl sites for hydroxylation is 2. The average Bonchev–Trinajstić information content (AvgIpc) is 2.60. The Morgan fingerprint density at radius 1 is 0.926 bits per heavy atom.